The van der Waals surface area contributed by atoms with Crippen LogP contribution in [0.4, 0.5) is 8.78 Å². The lowest BCUT2D eigenvalue weighted by molar-refractivity contribution is -0.0511. The fraction of sp³-hybridized carbons (Fsp3) is 0.273. The third-order valence-corrected chi connectivity index (χ3v) is 2.64. The number of halogens is 3. The highest BCUT2D eigenvalue weighted by molar-refractivity contribution is 6.16. The number of hydrogen-bond donors (Lipinski definition) is 1. The summed E-state index contributed by atoms with van der Waals surface area (Å²) in [4.78, 5) is 18.3. The zero-order valence-electron chi connectivity index (χ0n) is 9.75. The van der Waals surface area contributed by atoms with Gasteiger partial charge in [0.05, 0.1) is 23.9 Å². The van der Waals surface area contributed by atoms with Crippen molar-refractivity contribution in [3.63, 3.8) is 0 Å². The molecule has 2 aromatic rings. The van der Waals surface area contributed by atoms with Crippen LogP contribution in [-0.4, -0.2) is 23.7 Å². The SMILES string of the molecule is COc1cc2nc(CCl)[nH]c(=O)c2cc1OC(F)F. The monoisotopic (exact) mass is 290 g/mol. The number of benzene rings is 1. The molecule has 0 radical (unpaired) electrons. The molecule has 0 atom stereocenters. The van der Waals surface area contributed by atoms with Gasteiger partial charge in [0.2, 0.25) is 0 Å². The Labute approximate surface area is 111 Å². The van der Waals surface area contributed by atoms with Gasteiger partial charge in [0.15, 0.2) is 11.5 Å². The molecule has 0 amide bonds. The average Bonchev–Trinajstić information content (AvgIpc) is 2.37. The van der Waals surface area contributed by atoms with Gasteiger partial charge in [0.25, 0.3) is 5.56 Å². The van der Waals surface area contributed by atoms with Crippen molar-refractivity contribution in [2.45, 2.75) is 12.5 Å². The van der Waals surface area contributed by atoms with Gasteiger partial charge in [-0.3, -0.25) is 4.79 Å². The standard InChI is InChI=1S/C11H9ClF2N2O3/c1-18-7-3-6-5(2-8(7)19-11(13)14)10(17)16-9(4-12)15-6/h2-3,11H,4H2,1H3,(H,15,16,17). The summed E-state index contributed by atoms with van der Waals surface area (Å²) in [5, 5.41) is 0.116. The van der Waals surface area contributed by atoms with Gasteiger partial charge >= 0.3 is 6.61 Å². The maximum absolute atomic E-state index is 12.3. The topological polar surface area (TPSA) is 64.2 Å². The minimum atomic E-state index is -3.01. The largest absolute Gasteiger partial charge is 0.493 e. The Morgan fingerprint density at radius 3 is 2.74 bits per heavy atom. The van der Waals surface area contributed by atoms with E-state index < -0.39 is 12.2 Å². The van der Waals surface area contributed by atoms with Crippen LogP contribution in [0.1, 0.15) is 5.82 Å². The highest BCUT2D eigenvalue weighted by Crippen LogP contribution is 2.31. The van der Waals surface area contributed by atoms with Crippen LogP contribution < -0.4 is 15.0 Å². The van der Waals surface area contributed by atoms with Crippen molar-refractivity contribution in [1.29, 1.82) is 0 Å². The molecule has 1 heterocycles. The molecule has 0 unspecified atom stereocenters. The van der Waals surface area contributed by atoms with E-state index in [1.54, 1.807) is 0 Å². The van der Waals surface area contributed by atoms with Crippen molar-refractivity contribution < 1.29 is 18.3 Å². The minimum Gasteiger partial charge on any atom is -0.493 e. The molecule has 8 heteroatoms. The summed E-state index contributed by atoms with van der Waals surface area (Å²) in [5.41, 5.74) is -0.194. The lowest BCUT2D eigenvalue weighted by Gasteiger charge is -2.10. The predicted octanol–water partition coefficient (Wildman–Crippen LogP) is 2.27. The Bertz CT molecular complexity index is 660. The second kappa shape index (κ2) is 5.40. The van der Waals surface area contributed by atoms with Crippen molar-refractivity contribution >= 4 is 22.5 Å². The minimum absolute atomic E-state index is 0.0305. The Morgan fingerprint density at radius 2 is 2.16 bits per heavy atom. The van der Waals surface area contributed by atoms with Crippen LogP contribution >= 0.6 is 11.6 Å². The number of aromatic amines is 1. The zero-order valence-corrected chi connectivity index (χ0v) is 10.5. The van der Waals surface area contributed by atoms with Gasteiger partial charge in [0, 0.05) is 6.07 Å². The second-order valence-electron chi connectivity index (χ2n) is 3.54. The van der Waals surface area contributed by atoms with E-state index in [0.717, 1.165) is 6.07 Å². The van der Waals surface area contributed by atoms with Crippen LogP contribution in [0.25, 0.3) is 10.9 Å². The molecule has 0 aliphatic carbocycles. The molecule has 5 nitrogen and oxygen atoms in total. The van der Waals surface area contributed by atoms with Crippen molar-refractivity contribution in [2.24, 2.45) is 0 Å². The first kappa shape index (κ1) is 13.5. The van der Waals surface area contributed by atoms with Gasteiger partial charge in [-0.2, -0.15) is 8.78 Å². The highest BCUT2D eigenvalue weighted by Gasteiger charge is 2.14. The van der Waals surface area contributed by atoms with Crippen LogP contribution in [-0.2, 0) is 5.88 Å². The summed E-state index contributed by atoms with van der Waals surface area (Å²) >= 11 is 5.59. The Kier molecular flexibility index (Phi) is 3.84. The number of methoxy groups -OCH3 is 1. The summed E-state index contributed by atoms with van der Waals surface area (Å²) in [6.07, 6.45) is 0. The summed E-state index contributed by atoms with van der Waals surface area (Å²) in [6.45, 7) is -3.01. The number of fused-ring (bicyclic) bond motifs is 1. The van der Waals surface area contributed by atoms with Crippen LogP contribution in [0.15, 0.2) is 16.9 Å². The van der Waals surface area contributed by atoms with Crippen molar-refractivity contribution in [2.75, 3.05) is 7.11 Å². The van der Waals surface area contributed by atoms with Gasteiger partial charge in [-0.25, -0.2) is 4.98 Å². The molecule has 1 aromatic carbocycles. The van der Waals surface area contributed by atoms with Crippen LogP contribution in [0.5, 0.6) is 11.5 Å². The van der Waals surface area contributed by atoms with Gasteiger partial charge in [-0.1, -0.05) is 0 Å². The number of ether oxygens (including phenoxy) is 2. The number of nitrogens with zero attached hydrogens (tertiary/aromatic N) is 1. The van der Waals surface area contributed by atoms with Gasteiger partial charge in [-0.15, -0.1) is 11.6 Å². The first-order valence-corrected chi connectivity index (χ1v) is 5.70. The Balaban J connectivity index is 2.67. The lowest BCUT2D eigenvalue weighted by Crippen LogP contribution is -2.12. The Morgan fingerprint density at radius 1 is 1.42 bits per heavy atom. The molecule has 1 N–H and O–H groups in total. The van der Waals surface area contributed by atoms with E-state index in [9.17, 15) is 13.6 Å². The molecular weight excluding hydrogens is 282 g/mol. The van der Waals surface area contributed by atoms with Crippen LogP contribution in [0, 0.1) is 0 Å². The molecule has 1 aromatic heterocycles. The highest BCUT2D eigenvalue weighted by atomic mass is 35.5. The third kappa shape index (κ3) is 2.76. The van der Waals surface area contributed by atoms with Crippen molar-refractivity contribution in [3.8, 4) is 11.5 Å². The number of aromatic nitrogens is 2. The van der Waals surface area contributed by atoms with E-state index in [4.69, 9.17) is 16.3 Å². The number of nitrogens with one attached hydrogen (secondary N) is 1. The van der Waals surface area contributed by atoms with E-state index in [1.165, 1.54) is 13.2 Å². The Hall–Kier alpha value is -1.89. The summed E-state index contributed by atoms with van der Waals surface area (Å²) < 4.78 is 33.7. The molecule has 2 rings (SSSR count). The lowest BCUT2D eigenvalue weighted by atomic mass is 10.2. The van der Waals surface area contributed by atoms with Crippen LogP contribution in [0.2, 0.25) is 0 Å². The number of H-pyrrole nitrogens is 1. The van der Waals surface area contributed by atoms with E-state index >= 15 is 0 Å². The zero-order chi connectivity index (χ0) is 14.0. The first-order chi connectivity index (χ1) is 9.05. The van der Waals surface area contributed by atoms with E-state index in [0.29, 0.717) is 0 Å². The molecule has 102 valence electrons. The van der Waals surface area contributed by atoms with E-state index in [1.807, 2.05) is 0 Å². The fourth-order valence-electron chi connectivity index (χ4n) is 1.61. The molecule has 0 spiro atoms. The normalized spacial score (nSPS) is 11.0. The van der Waals surface area contributed by atoms with Crippen molar-refractivity contribution in [3.05, 3.63) is 28.3 Å². The number of rotatable bonds is 4. The molecule has 0 fully saturated rings. The summed E-state index contributed by atoms with van der Waals surface area (Å²) in [6, 6.07) is 2.50. The smallest absolute Gasteiger partial charge is 0.387 e. The average molecular weight is 291 g/mol. The maximum atomic E-state index is 12.3. The molecule has 0 saturated carbocycles. The second-order valence-corrected chi connectivity index (χ2v) is 3.81. The quantitative estimate of drug-likeness (QED) is 0.877. The number of hydrogen-bond acceptors (Lipinski definition) is 4. The van der Waals surface area contributed by atoms with E-state index in [-0.39, 0.29) is 34.1 Å². The predicted molar refractivity (Wildman–Crippen MR) is 65.1 cm³/mol. The molecule has 0 bridgehead atoms. The summed E-state index contributed by atoms with van der Waals surface area (Å²) in [7, 11) is 1.30. The third-order valence-electron chi connectivity index (χ3n) is 2.38. The fourth-order valence-corrected chi connectivity index (χ4v) is 1.73. The summed E-state index contributed by atoms with van der Waals surface area (Å²) in [5.74, 6) is 0.147. The molecule has 0 saturated heterocycles. The van der Waals surface area contributed by atoms with Crippen LogP contribution in [0.3, 0.4) is 0 Å². The van der Waals surface area contributed by atoms with Gasteiger partial charge in [0.1, 0.15) is 5.82 Å². The van der Waals surface area contributed by atoms with E-state index in [2.05, 4.69) is 14.7 Å². The molecule has 0 aliphatic rings. The number of alkyl halides is 3. The molecule has 0 aliphatic heterocycles. The van der Waals surface area contributed by atoms with Gasteiger partial charge < -0.3 is 14.5 Å². The van der Waals surface area contributed by atoms with Gasteiger partial charge in [-0.05, 0) is 6.07 Å². The molecule has 19 heavy (non-hydrogen) atoms. The first-order valence-electron chi connectivity index (χ1n) is 5.17. The van der Waals surface area contributed by atoms with Crippen molar-refractivity contribution in [1.82, 2.24) is 9.97 Å². The maximum Gasteiger partial charge on any atom is 0.387 e. The molecular formula is C11H9ClF2N2O3.